The normalized spacial score (nSPS) is 20.3. The highest BCUT2D eigenvalue weighted by molar-refractivity contribution is 5.09. The first kappa shape index (κ1) is 11.6. The van der Waals surface area contributed by atoms with Crippen molar-refractivity contribution in [3.8, 4) is 0 Å². The largest absolute Gasteiger partial charge is 0.392 e. The van der Waals surface area contributed by atoms with E-state index in [0.29, 0.717) is 5.92 Å². The third-order valence-electron chi connectivity index (χ3n) is 3.61. The molecule has 1 unspecified atom stereocenters. The van der Waals surface area contributed by atoms with Gasteiger partial charge in [-0.3, -0.25) is 4.98 Å². The second-order valence-electron chi connectivity index (χ2n) is 4.88. The molecular formula is C14H21NO. The van der Waals surface area contributed by atoms with Gasteiger partial charge in [0, 0.05) is 18.8 Å². The summed E-state index contributed by atoms with van der Waals surface area (Å²) in [5, 5.41) is 10.2. The molecule has 2 nitrogen and oxygen atoms in total. The highest BCUT2D eigenvalue weighted by atomic mass is 16.3. The molecule has 0 aromatic carbocycles. The fraction of sp³-hybridized carbons (Fsp3) is 0.643. The zero-order valence-electron chi connectivity index (χ0n) is 9.81. The smallest absolute Gasteiger partial charge is 0.0609 e. The molecule has 1 N–H and O–H groups in total. The van der Waals surface area contributed by atoms with Crippen LogP contribution in [0.3, 0.4) is 0 Å². The highest BCUT2D eigenvalue weighted by Gasteiger charge is 2.20. The number of rotatable bonds is 3. The lowest BCUT2D eigenvalue weighted by molar-refractivity contribution is 0.0985. The summed E-state index contributed by atoms with van der Waals surface area (Å²) in [5.41, 5.74) is 1.15. The third-order valence-corrected chi connectivity index (χ3v) is 3.61. The quantitative estimate of drug-likeness (QED) is 0.793. The molecule has 0 saturated heterocycles. The van der Waals surface area contributed by atoms with Crippen molar-refractivity contribution in [2.24, 2.45) is 5.92 Å². The van der Waals surface area contributed by atoms with Crippen molar-refractivity contribution >= 4 is 0 Å². The van der Waals surface area contributed by atoms with Gasteiger partial charge in [0.2, 0.25) is 0 Å². The van der Waals surface area contributed by atoms with Crippen LogP contribution in [0.4, 0.5) is 0 Å². The number of aromatic nitrogens is 1. The molecule has 88 valence electrons. The molecule has 1 aliphatic rings. The Kier molecular flexibility index (Phi) is 4.34. The van der Waals surface area contributed by atoms with Crippen LogP contribution < -0.4 is 0 Å². The number of pyridine rings is 1. The zero-order valence-corrected chi connectivity index (χ0v) is 9.81. The average molecular weight is 219 g/mol. The number of hydrogen-bond donors (Lipinski definition) is 1. The van der Waals surface area contributed by atoms with Crippen LogP contribution in [0.5, 0.6) is 0 Å². The number of nitrogens with zero attached hydrogens (tertiary/aromatic N) is 1. The van der Waals surface area contributed by atoms with Crippen molar-refractivity contribution in [1.82, 2.24) is 4.98 Å². The first-order valence-corrected chi connectivity index (χ1v) is 6.43. The molecule has 2 rings (SSSR count). The van der Waals surface area contributed by atoms with Crippen molar-refractivity contribution in [1.29, 1.82) is 0 Å². The molecule has 1 aliphatic carbocycles. The Hall–Kier alpha value is -0.890. The molecule has 2 heteroatoms. The van der Waals surface area contributed by atoms with E-state index in [1.807, 2.05) is 18.3 Å². The predicted octanol–water partition coefficient (Wildman–Crippen LogP) is 2.96. The van der Waals surface area contributed by atoms with Crippen molar-refractivity contribution in [2.45, 2.75) is 51.0 Å². The molecule has 0 amide bonds. The lowest BCUT2D eigenvalue weighted by Crippen LogP contribution is -2.22. The van der Waals surface area contributed by atoms with E-state index in [2.05, 4.69) is 4.98 Å². The maximum absolute atomic E-state index is 10.2. The van der Waals surface area contributed by atoms with Gasteiger partial charge < -0.3 is 5.11 Å². The Morgan fingerprint density at radius 2 is 2.00 bits per heavy atom. The van der Waals surface area contributed by atoms with Gasteiger partial charge in [-0.05, 0) is 30.4 Å². The Morgan fingerprint density at radius 3 is 2.62 bits per heavy atom. The van der Waals surface area contributed by atoms with Crippen LogP contribution in [0.25, 0.3) is 0 Å². The molecule has 1 saturated carbocycles. The van der Waals surface area contributed by atoms with Gasteiger partial charge in [0.1, 0.15) is 0 Å². The van der Waals surface area contributed by atoms with Crippen molar-refractivity contribution in [3.63, 3.8) is 0 Å². The molecule has 1 atom stereocenters. The Bertz CT molecular complexity index is 291. The molecule has 0 aliphatic heterocycles. The minimum absolute atomic E-state index is 0.178. The summed E-state index contributed by atoms with van der Waals surface area (Å²) >= 11 is 0. The van der Waals surface area contributed by atoms with Crippen molar-refractivity contribution in [3.05, 3.63) is 30.1 Å². The second kappa shape index (κ2) is 6.00. The van der Waals surface area contributed by atoms with Crippen LogP contribution in [0, 0.1) is 5.92 Å². The van der Waals surface area contributed by atoms with Crippen molar-refractivity contribution < 1.29 is 5.11 Å². The maximum atomic E-state index is 10.2. The van der Waals surface area contributed by atoms with E-state index >= 15 is 0 Å². The van der Waals surface area contributed by atoms with Gasteiger partial charge in [-0.2, -0.15) is 0 Å². The zero-order chi connectivity index (χ0) is 11.2. The molecule has 16 heavy (non-hydrogen) atoms. The summed E-state index contributed by atoms with van der Waals surface area (Å²) in [4.78, 5) is 4.09. The molecule has 1 heterocycles. The molecule has 0 bridgehead atoms. The van der Waals surface area contributed by atoms with E-state index in [1.54, 1.807) is 6.20 Å². The van der Waals surface area contributed by atoms with E-state index < -0.39 is 0 Å². The summed E-state index contributed by atoms with van der Waals surface area (Å²) in [6, 6.07) is 3.99. The van der Waals surface area contributed by atoms with E-state index in [1.165, 1.54) is 38.5 Å². The lowest BCUT2D eigenvalue weighted by atomic mass is 9.90. The van der Waals surface area contributed by atoms with Crippen LogP contribution in [0.15, 0.2) is 24.5 Å². The number of aliphatic hydroxyl groups is 1. The van der Waals surface area contributed by atoms with E-state index in [4.69, 9.17) is 0 Å². The maximum Gasteiger partial charge on any atom is 0.0609 e. The Morgan fingerprint density at radius 1 is 1.25 bits per heavy atom. The van der Waals surface area contributed by atoms with Gasteiger partial charge in [0.05, 0.1) is 6.10 Å². The minimum Gasteiger partial charge on any atom is -0.392 e. The van der Waals surface area contributed by atoms with Gasteiger partial charge in [-0.1, -0.05) is 31.7 Å². The van der Waals surface area contributed by atoms with Gasteiger partial charge in [0.15, 0.2) is 0 Å². The Balaban J connectivity index is 1.89. The summed E-state index contributed by atoms with van der Waals surface area (Å²) in [6.07, 6.45) is 11.9. The van der Waals surface area contributed by atoms with Crippen molar-refractivity contribution in [2.75, 3.05) is 0 Å². The van der Waals surface area contributed by atoms with Crippen LogP contribution >= 0.6 is 0 Å². The first-order valence-electron chi connectivity index (χ1n) is 6.43. The summed E-state index contributed by atoms with van der Waals surface area (Å²) in [5.74, 6) is 0.503. The fourth-order valence-electron chi connectivity index (χ4n) is 2.62. The number of hydrogen-bond acceptors (Lipinski definition) is 2. The predicted molar refractivity (Wildman–Crippen MR) is 65.1 cm³/mol. The SMILES string of the molecule is OC(Cc1cccnc1)C1CCCCCC1. The molecule has 1 aromatic rings. The Labute approximate surface area is 97.7 Å². The monoisotopic (exact) mass is 219 g/mol. The van der Waals surface area contributed by atoms with Gasteiger partial charge in [-0.15, -0.1) is 0 Å². The van der Waals surface area contributed by atoms with Gasteiger partial charge >= 0.3 is 0 Å². The minimum atomic E-state index is -0.178. The molecule has 1 aromatic heterocycles. The van der Waals surface area contributed by atoms with E-state index in [0.717, 1.165) is 12.0 Å². The van der Waals surface area contributed by atoms with Crippen LogP contribution in [0.1, 0.15) is 44.1 Å². The molecular weight excluding hydrogens is 198 g/mol. The lowest BCUT2D eigenvalue weighted by Gasteiger charge is -2.21. The molecule has 1 fully saturated rings. The summed E-state index contributed by atoms with van der Waals surface area (Å²) < 4.78 is 0. The fourth-order valence-corrected chi connectivity index (χ4v) is 2.62. The van der Waals surface area contributed by atoms with E-state index in [-0.39, 0.29) is 6.10 Å². The second-order valence-corrected chi connectivity index (χ2v) is 4.88. The number of aliphatic hydroxyl groups excluding tert-OH is 1. The summed E-state index contributed by atoms with van der Waals surface area (Å²) in [7, 11) is 0. The standard InChI is InChI=1S/C14H21NO/c16-14(10-12-6-5-9-15-11-12)13-7-3-1-2-4-8-13/h5-6,9,11,13-14,16H,1-4,7-8,10H2. The topological polar surface area (TPSA) is 33.1 Å². The molecule has 0 radical (unpaired) electrons. The summed E-state index contributed by atoms with van der Waals surface area (Å²) in [6.45, 7) is 0. The van der Waals surface area contributed by atoms with Gasteiger partial charge in [-0.25, -0.2) is 0 Å². The van der Waals surface area contributed by atoms with Crippen LogP contribution in [-0.2, 0) is 6.42 Å². The van der Waals surface area contributed by atoms with Crippen LogP contribution in [-0.4, -0.2) is 16.2 Å². The average Bonchev–Trinajstić information content (AvgIpc) is 2.59. The van der Waals surface area contributed by atoms with E-state index in [9.17, 15) is 5.11 Å². The van der Waals surface area contributed by atoms with Gasteiger partial charge in [0.25, 0.3) is 0 Å². The highest BCUT2D eigenvalue weighted by Crippen LogP contribution is 2.26. The third kappa shape index (κ3) is 3.31. The first-order chi connectivity index (χ1) is 7.86. The molecule has 0 spiro atoms. The van der Waals surface area contributed by atoms with Crippen LogP contribution in [0.2, 0.25) is 0 Å².